The van der Waals surface area contributed by atoms with Crippen LogP contribution >= 0.6 is 0 Å². The molecule has 4 nitrogen and oxygen atoms in total. The molecule has 1 saturated heterocycles. The quantitative estimate of drug-likeness (QED) is 0.870. The Bertz CT molecular complexity index is 402. The molecular weight excluding hydrogens is 220 g/mol. The Kier molecular flexibility index (Phi) is 3.64. The Balaban J connectivity index is 2.26. The third-order valence-electron chi connectivity index (χ3n) is 3.20. The van der Waals surface area contributed by atoms with Crippen molar-refractivity contribution in [1.82, 2.24) is 0 Å². The fourth-order valence-corrected chi connectivity index (χ4v) is 2.25. The minimum absolute atomic E-state index is 0.0105. The van der Waals surface area contributed by atoms with Crippen molar-refractivity contribution in [1.29, 1.82) is 0 Å². The lowest BCUT2D eigenvalue weighted by Gasteiger charge is -2.29. The molecule has 0 spiro atoms. The third kappa shape index (κ3) is 2.58. The minimum atomic E-state index is -0.794. The molecule has 0 saturated carbocycles. The Hall–Kier alpha value is -1.55. The van der Waals surface area contributed by atoms with Crippen molar-refractivity contribution in [3.05, 3.63) is 29.8 Å². The summed E-state index contributed by atoms with van der Waals surface area (Å²) in [6.45, 7) is 0.906. The van der Waals surface area contributed by atoms with Crippen molar-refractivity contribution in [3.8, 4) is 5.75 Å². The highest BCUT2D eigenvalue weighted by Gasteiger charge is 2.32. The SMILES string of the molecule is COc1cccc([C@H]2CCOC[C@H]2C(=O)O)c1. The van der Waals surface area contributed by atoms with E-state index in [1.165, 1.54) is 0 Å². The molecule has 92 valence electrons. The highest BCUT2D eigenvalue weighted by atomic mass is 16.5. The van der Waals surface area contributed by atoms with E-state index in [9.17, 15) is 9.90 Å². The lowest BCUT2D eigenvalue weighted by atomic mass is 9.83. The summed E-state index contributed by atoms with van der Waals surface area (Å²) in [4.78, 5) is 11.2. The van der Waals surface area contributed by atoms with E-state index in [4.69, 9.17) is 9.47 Å². The number of rotatable bonds is 3. The van der Waals surface area contributed by atoms with Gasteiger partial charge in [0.05, 0.1) is 19.6 Å². The van der Waals surface area contributed by atoms with Gasteiger partial charge in [-0.1, -0.05) is 12.1 Å². The second-order valence-corrected chi connectivity index (χ2v) is 4.19. The number of hydrogen-bond donors (Lipinski definition) is 1. The lowest BCUT2D eigenvalue weighted by molar-refractivity contribution is -0.147. The van der Waals surface area contributed by atoms with Crippen LogP contribution in [-0.4, -0.2) is 31.4 Å². The van der Waals surface area contributed by atoms with Crippen molar-refractivity contribution in [3.63, 3.8) is 0 Å². The Morgan fingerprint density at radius 1 is 1.53 bits per heavy atom. The number of benzene rings is 1. The number of methoxy groups -OCH3 is 1. The van der Waals surface area contributed by atoms with Crippen molar-refractivity contribution >= 4 is 5.97 Å². The second kappa shape index (κ2) is 5.19. The van der Waals surface area contributed by atoms with Crippen LogP contribution in [-0.2, 0) is 9.53 Å². The number of carbonyl (C=O) groups is 1. The van der Waals surface area contributed by atoms with Crippen LogP contribution in [0.2, 0.25) is 0 Å². The van der Waals surface area contributed by atoms with E-state index in [2.05, 4.69) is 0 Å². The Labute approximate surface area is 100 Å². The van der Waals surface area contributed by atoms with Crippen LogP contribution in [0.5, 0.6) is 5.75 Å². The molecule has 1 aromatic carbocycles. The average Bonchev–Trinajstić information content (AvgIpc) is 2.39. The number of aliphatic carboxylic acids is 1. The average molecular weight is 236 g/mol. The first kappa shape index (κ1) is 11.9. The molecule has 17 heavy (non-hydrogen) atoms. The Morgan fingerprint density at radius 3 is 3.06 bits per heavy atom. The van der Waals surface area contributed by atoms with Crippen LogP contribution in [0, 0.1) is 5.92 Å². The molecule has 0 aromatic heterocycles. The molecule has 1 aromatic rings. The molecule has 0 bridgehead atoms. The van der Waals surface area contributed by atoms with Crippen LogP contribution in [0.3, 0.4) is 0 Å². The van der Waals surface area contributed by atoms with Gasteiger partial charge in [-0.05, 0) is 24.1 Å². The minimum Gasteiger partial charge on any atom is -0.497 e. The molecule has 1 aliphatic rings. The van der Waals surface area contributed by atoms with Crippen LogP contribution in [0.1, 0.15) is 17.9 Å². The summed E-state index contributed by atoms with van der Waals surface area (Å²) in [6.07, 6.45) is 0.740. The largest absolute Gasteiger partial charge is 0.497 e. The zero-order chi connectivity index (χ0) is 12.3. The van der Waals surface area contributed by atoms with E-state index >= 15 is 0 Å². The van der Waals surface area contributed by atoms with Gasteiger partial charge in [-0.15, -0.1) is 0 Å². The van der Waals surface area contributed by atoms with Gasteiger partial charge >= 0.3 is 5.97 Å². The van der Waals surface area contributed by atoms with Crippen LogP contribution in [0.15, 0.2) is 24.3 Å². The van der Waals surface area contributed by atoms with Gasteiger partial charge in [0.15, 0.2) is 0 Å². The van der Waals surface area contributed by atoms with E-state index in [-0.39, 0.29) is 12.5 Å². The summed E-state index contributed by atoms with van der Waals surface area (Å²) in [7, 11) is 1.61. The monoisotopic (exact) mass is 236 g/mol. The molecule has 1 N–H and O–H groups in total. The van der Waals surface area contributed by atoms with Gasteiger partial charge in [0.25, 0.3) is 0 Å². The first-order valence-electron chi connectivity index (χ1n) is 5.67. The second-order valence-electron chi connectivity index (χ2n) is 4.19. The van der Waals surface area contributed by atoms with Gasteiger partial charge < -0.3 is 14.6 Å². The molecule has 1 fully saturated rings. The summed E-state index contributed by atoms with van der Waals surface area (Å²) in [5, 5.41) is 9.19. The molecule has 2 rings (SSSR count). The van der Waals surface area contributed by atoms with Gasteiger partial charge in [0.1, 0.15) is 5.75 Å². The summed E-state index contributed by atoms with van der Waals surface area (Å²) in [5.74, 6) is -0.483. The van der Waals surface area contributed by atoms with Gasteiger partial charge in [-0.25, -0.2) is 0 Å². The smallest absolute Gasteiger partial charge is 0.309 e. The fraction of sp³-hybridized carbons (Fsp3) is 0.462. The highest BCUT2D eigenvalue weighted by molar-refractivity contribution is 5.71. The Morgan fingerprint density at radius 2 is 2.35 bits per heavy atom. The summed E-state index contributed by atoms with van der Waals surface area (Å²) in [5.41, 5.74) is 1.01. The molecular formula is C13H16O4. The van der Waals surface area contributed by atoms with E-state index in [0.717, 1.165) is 17.7 Å². The molecule has 4 heteroatoms. The normalized spacial score (nSPS) is 24.3. The van der Waals surface area contributed by atoms with E-state index in [0.29, 0.717) is 6.61 Å². The van der Waals surface area contributed by atoms with Crippen LogP contribution in [0.25, 0.3) is 0 Å². The maximum Gasteiger partial charge on any atom is 0.309 e. The van der Waals surface area contributed by atoms with Gasteiger partial charge in [0, 0.05) is 12.5 Å². The maximum absolute atomic E-state index is 11.2. The molecule has 1 heterocycles. The molecule has 0 amide bonds. The lowest BCUT2D eigenvalue weighted by Crippen LogP contribution is -2.32. The topological polar surface area (TPSA) is 55.8 Å². The summed E-state index contributed by atoms with van der Waals surface area (Å²) < 4.78 is 10.4. The number of ether oxygens (including phenoxy) is 2. The number of hydrogen-bond acceptors (Lipinski definition) is 3. The first-order valence-corrected chi connectivity index (χ1v) is 5.67. The number of carboxylic acid groups (broad SMARTS) is 1. The van der Waals surface area contributed by atoms with Gasteiger partial charge in [0.2, 0.25) is 0 Å². The fourth-order valence-electron chi connectivity index (χ4n) is 2.25. The molecule has 0 radical (unpaired) electrons. The van der Waals surface area contributed by atoms with Crippen molar-refractivity contribution in [2.24, 2.45) is 5.92 Å². The van der Waals surface area contributed by atoms with Gasteiger partial charge in [-0.2, -0.15) is 0 Å². The van der Waals surface area contributed by atoms with Crippen molar-refractivity contribution in [2.75, 3.05) is 20.3 Å². The van der Waals surface area contributed by atoms with Crippen LogP contribution < -0.4 is 4.74 Å². The zero-order valence-electron chi connectivity index (χ0n) is 9.76. The predicted molar refractivity (Wildman–Crippen MR) is 62.3 cm³/mol. The zero-order valence-corrected chi connectivity index (χ0v) is 9.76. The van der Waals surface area contributed by atoms with Crippen LogP contribution in [0.4, 0.5) is 0 Å². The summed E-state index contributed by atoms with van der Waals surface area (Å²) >= 11 is 0. The van der Waals surface area contributed by atoms with Crippen molar-refractivity contribution in [2.45, 2.75) is 12.3 Å². The van der Waals surface area contributed by atoms with Crippen molar-refractivity contribution < 1.29 is 19.4 Å². The molecule has 0 aliphatic carbocycles. The third-order valence-corrected chi connectivity index (χ3v) is 3.20. The van der Waals surface area contributed by atoms with E-state index in [1.54, 1.807) is 7.11 Å². The number of carboxylic acids is 1. The predicted octanol–water partition coefficient (Wildman–Crippen LogP) is 1.90. The first-order chi connectivity index (χ1) is 8.22. The van der Waals surface area contributed by atoms with E-state index < -0.39 is 11.9 Å². The van der Waals surface area contributed by atoms with E-state index in [1.807, 2.05) is 24.3 Å². The standard InChI is InChI=1S/C13H16O4/c1-16-10-4-2-3-9(7-10)11-5-6-17-8-12(11)13(14)15/h2-4,7,11-12H,5-6,8H2,1H3,(H,14,15)/t11-,12-/m1/s1. The van der Waals surface area contributed by atoms with Gasteiger partial charge in [-0.3, -0.25) is 4.79 Å². The molecule has 0 unspecified atom stereocenters. The molecule has 1 aliphatic heterocycles. The highest BCUT2D eigenvalue weighted by Crippen LogP contribution is 2.33. The maximum atomic E-state index is 11.2. The molecule has 2 atom stereocenters. The summed E-state index contributed by atoms with van der Waals surface area (Å²) in [6, 6.07) is 7.61.